The average molecular weight is 258 g/mol. The molecule has 0 unspecified atom stereocenters. The van der Waals surface area contributed by atoms with Gasteiger partial charge in [0, 0.05) is 30.2 Å². The third-order valence-corrected chi connectivity index (χ3v) is 2.95. The first-order valence-electron chi connectivity index (χ1n) is 6.11. The maximum absolute atomic E-state index is 13.1. The maximum Gasteiger partial charge on any atom is 0.258 e. The standard InChI is InChI=1S/C15H15FN2O/c1-3-18(13-6-8-17-9-7-13)15(19)14-5-4-12(16)10-11(14)2/h4-10H,3H2,1-2H3. The van der Waals surface area contributed by atoms with Crippen molar-refractivity contribution < 1.29 is 9.18 Å². The Bertz CT molecular complexity index is 584. The van der Waals surface area contributed by atoms with E-state index in [1.807, 2.05) is 6.92 Å². The molecule has 0 atom stereocenters. The van der Waals surface area contributed by atoms with Gasteiger partial charge in [0.05, 0.1) is 0 Å². The largest absolute Gasteiger partial charge is 0.309 e. The van der Waals surface area contributed by atoms with Gasteiger partial charge >= 0.3 is 0 Å². The van der Waals surface area contributed by atoms with E-state index in [-0.39, 0.29) is 11.7 Å². The molecule has 98 valence electrons. The van der Waals surface area contributed by atoms with Crippen molar-refractivity contribution >= 4 is 11.6 Å². The normalized spacial score (nSPS) is 10.3. The molecule has 0 aliphatic rings. The van der Waals surface area contributed by atoms with Gasteiger partial charge in [-0.15, -0.1) is 0 Å². The van der Waals surface area contributed by atoms with Crippen LogP contribution in [0.25, 0.3) is 0 Å². The molecule has 0 N–H and O–H groups in total. The molecule has 0 saturated carbocycles. The van der Waals surface area contributed by atoms with E-state index in [9.17, 15) is 9.18 Å². The van der Waals surface area contributed by atoms with Gasteiger partial charge < -0.3 is 4.90 Å². The second-order valence-electron chi connectivity index (χ2n) is 4.21. The van der Waals surface area contributed by atoms with Gasteiger partial charge in [-0.2, -0.15) is 0 Å². The maximum atomic E-state index is 13.1. The Morgan fingerprint density at radius 3 is 2.53 bits per heavy atom. The number of aromatic nitrogens is 1. The van der Waals surface area contributed by atoms with Crippen molar-refractivity contribution in [3.05, 3.63) is 59.7 Å². The van der Waals surface area contributed by atoms with Crippen molar-refractivity contribution in [2.45, 2.75) is 13.8 Å². The summed E-state index contributed by atoms with van der Waals surface area (Å²) in [4.78, 5) is 18.1. The number of nitrogens with zero attached hydrogens (tertiary/aromatic N) is 2. The van der Waals surface area contributed by atoms with Crippen LogP contribution in [0.15, 0.2) is 42.7 Å². The summed E-state index contributed by atoms with van der Waals surface area (Å²) in [7, 11) is 0. The number of carbonyl (C=O) groups excluding carboxylic acids is 1. The zero-order valence-electron chi connectivity index (χ0n) is 10.9. The van der Waals surface area contributed by atoms with E-state index < -0.39 is 0 Å². The van der Waals surface area contributed by atoms with Crippen LogP contribution in [-0.4, -0.2) is 17.4 Å². The number of halogens is 1. The molecule has 0 fully saturated rings. The van der Waals surface area contributed by atoms with E-state index in [0.717, 1.165) is 5.69 Å². The lowest BCUT2D eigenvalue weighted by molar-refractivity contribution is 0.0987. The summed E-state index contributed by atoms with van der Waals surface area (Å²) in [6.45, 7) is 4.17. The third-order valence-electron chi connectivity index (χ3n) is 2.95. The summed E-state index contributed by atoms with van der Waals surface area (Å²) in [5.74, 6) is -0.466. The lowest BCUT2D eigenvalue weighted by Gasteiger charge is -2.21. The smallest absolute Gasteiger partial charge is 0.258 e. The monoisotopic (exact) mass is 258 g/mol. The summed E-state index contributed by atoms with van der Waals surface area (Å²) in [5.41, 5.74) is 1.93. The number of pyridine rings is 1. The van der Waals surface area contributed by atoms with Gasteiger partial charge in [0.15, 0.2) is 0 Å². The minimum Gasteiger partial charge on any atom is -0.309 e. The van der Waals surface area contributed by atoms with Gasteiger partial charge in [-0.1, -0.05) is 0 Å². The van der Waals surface area contributed by atoms with Crippen LogP contribution in [0, 0.1) is 12.7 Å². The zero-order chi connectivity index (χ0) is 13.8. The first kappa shape index (κ1) is 13.2. The number of anilines is 1. The Morgan fingerprint density at radius 2 is 1.95 bits per heavy atom. The predicted octanol–water partition coefficient (Wildman–Crippen LogP) is 3.20. The van der Waals surface area contributed by atoms with Crippen LogP contribution in [-0.2, 0) is 0 Å². The molecule has 0 aliphatic heterocycles. The molecule has 2 rings (SSSR count). The van der Waals surface area contributed by atoms with E-state index in [2.05, 4.69) is 4.98 Å². The molecule has 19 heavy (non-hydrogen) atoms. The van der Waals surface area contributed by atoms with Gasteiger partial charge in [0.2, 0.25) is 0 Å². The summed E-state index contributed by atoms with van der Waals surface area (Å²) in [6.07, 6.45) is 3.28. The molecule has 3 nitrogen and oxygen atoms in total. The zero-order valence-corrected chi connectivity index (χ0v) is 10.9. The highest BCUT2D eigenvalue weighted by atomic mass is 19.1. The molecule has 0 saturated heterocycles. The fourth-order valence-corrected chi connectivity index (χ4v) is 1.98. The summed E-state index contributed by atoms with van der Waals surface area (Å²) in [5, 5.41) is 0. The van der Waals surface area contributed by atoms with E-state index in [0.29, 0.717) is 17.7 Å². The topological polar surface area (TPSA) is 33.2 Å². The Morgan fingerprint density at radius 1 is 1.26 bits per heavy atom. The molecule has 1 aromatic carbocycles. The molecule has 1 amide bonds. The van der Waals surface area contributed by atoms with Crippen LogP contribution >= 0.6 is 0 Å². The predicted molar refractivity (Wildman–Crippen MR) is 72.7 cm³/mol. The van der Waals surface area contributed by atoms with Crippen molar-refractivity contribution in [2.24, 2.45) is 0 Å². The minimum atomic E-state index is -0.332. The van der Waals surface area contributed by atoms with Crippen molar-refractivity contribution in [3.63, 3.8) is 0 Å². The van der Waals surface area contributed by atoms with E-state index in [1.54, 1.807) is 36.4 Å². The Hall–Kier alpha value is -2.23. The molecule has 0 spiro atoms. The molecule has 0 aliphatic carbocycles. The number of amides is 1. The van der Waals surface area contributed by atoms with E-state index >= 15 is 0 Å². The van der Waals surface area contributed by atoms with Gasteiger partial charge in [-0.05, 0) is 49.7 Å². The second kappa shape index (κ2) is 5.61. The number of benzene rings is 1. The highest BCUT2D eigenvalue weighted by Crippen LogP contribution is 2.18. The highest BCUT2D eigenvalue weighted by Gasteiger charge is 2.17. The van der Waals surface area contributed by atoms with Gasteiger partial charge in [0.1, 0.15) is 5.82 Å². The third kappa shape index (κ3) is 2.78. The summed E-state index contributed by atoms with van der Waals surface area (Å²) < 4.78 is 13.1. The Kier molecular flexibility index (Phi) is 3.90. The Balaban J connectivity index is 2.36. The number of carbonyl (C=O) groups is 1. The molecule has 0 bridgehead atoms. The lowest BCUT2D eigenvalue weighted by atomic mass is 10.1. The van der Waals surface area contributed by atoms with Crippen LogP contribution in [0.1, 0.15) is 22.8 Å². The number of hydrogen-bond donors (Lipinski definition) is 0. The first-order valence-corrected chi connectivity index (χ1v) is 6.11. The van der Waals surface area contributed by atoms with Crippen molar-refractivity contribution in [2.75, 3.05) is 11.4 Å². The fourth-order valence-electron chi connectivity index (χ4n) is 1.98. The summed E-state index contributed by atoms with van der Waals surface area (Å²) >= 11 is 0. The van der Waals surface area contributed by atoms with Crippen molar-refractivity contribution in [1.29, 1.82) is 0 Å². The first-order chi connectivity index (χ1) is 9.13. The number of rotatable bonds is 3. The fraction of sp³-hybridized carbons (Fsp3) is 0.200. The van der Waals surface area contributed by atoms with Crippen molar-refractivity contribution in [1.82, 2.24) is 4.98 Å². The van der Waals surface area contributed by atoms with Crippen LogP contribution in [0.5, 0.6) is 0 Å². The van der Waals surface area contributed by atoms with Crippen LogP contribution in [0.4, 0.5) is 10.1 Å². The minimum absolute atomic E-state index is 0.133. The van der Waals surface area contributed by atoms with Gasteiger partial charge in [0.25, 0.3) is 5.91 Å². The molecule has 0 radical (unpaired) electrons. The van der Waals surface area contributed by atoms with E-state index in [4.69, 9.17) is 0 Å². The van der Waals surface area contributed by atoms with E-state index in [1.165, 1.54) is 18.2 Å². The summed E-state index contributed by atoms with van der Waals surface area (Å²) in [6, 6.07) is 7.76. The van der Waals surface area contributed by atoms with Crippen LogP contribution < -0.4 is 4.90 Å². The lowest BCUT2D eigenvalue weighted by Crippen LogP contribution is -2.31. The van der Waals surface area contributed by atoms with Gasteiger partial charge in [-0.25, -0.2) is 4.39 Å². The average Bonchev–Trinajstić information content (AvgIpc) is 2.40. The molecular weight excluding hydrogens is 243 g/mol. The molecule has 1 heterocycles. The molecule has 1 aromatic heterocycles. The van der Waals surface area contributed by atoms with Gasteiger partial charge in [-0.3, -0.25) is 9.78 Å². The van der Waals surface area contributed by atoms with Crippen LogP contribution in [0.2, 0.25) is 0 Å². The van der Waals surface area contributed by atoms with Crippen LogP contribution in [0.3, 0.4) is 0 Å². The number of aryl methyl sites for hydroxylation is 1. The Labute approximate surface area is 111 Å². The van der Waals surface area contributed by atoms with Crippen molar-refractivity contribution in [3.8, 4) is 0 Å². The molecular formula is C15H15FN2O. The SMILES string of the molecule is CCN(C(=O)c1ccc(F)cc1C)c1ccncc1. The second-order valence-corrected chi connectivity index (χ2v) is 4.21. The quantitative estimate of drug-likeness (QED) is 0.847. The highest BCUT2D eigenvalue weighted by molar-refractivity contribution is 6.06. The number of hydrogen-bond acceptors (Lipinski definition) is 2. The molecule has 4 heteroatoms. The molecule has 2 aromatic rings.